The molecule has 0 saturated carbocycles. The topological polar surface area (TPSA) is 84.1 Å². The standard InChI is InChI=1S/C22H24N4O2S.C22H24N4OS.C2H6/c27-29(21-7-1-6-20-17(21)8-13-28-20)26-15-19(22-18(26)5-2-9-23-22)25-12-11-24-10-3-4-16(24)14-25;1-4-19-22(23-8-1)20(25-11-10-24-9-2-3-17(24)14-25)15-26(19)28-18-6-5-16-7-12-27-21(16)13-18;1-2/h1-2,5-7,9,15-16H,3-4,8,10-14H2;1,4-6,8,13,15,17H,2-3,7,9-12,14H2;1-2H3. The van der Waals surface area contributed by atoms with Gasteiger partial charge in [-0.2, -0.15) is 0 Å². The van der Waals surface area contributed by atoms with E-state index in [1.807, 2.05) is 72.8 Å². The third kappa shape index (κ3) is 7.38. The van der Waals surface area contributed by atoms with Crippen molar-refractivity contribution in [3.63, 3.8) is 0 Å². The third-order valence-corrected chi connectivity index (χ3v) is 15.2. The Morgan fingerprint density at radius 3 is 2.10 bits per heavy atom. The van der Waals surface area contributed by atoms with Crippen molar-refractivity contribution in [1.29, 1.82) is 0 Å². The predicted molar refractivity (Wildman–Crippen MR) is 239 cm³/mol. The number of ether oxygens (including phenoxy) is 2. The summed E-state index contributed by atoms with van der Waals surface area (Å²) in [6.45, 7) is 14.4. The number of nitrogens with zero attached hydrogens (tertiary/aromatic N) is 8. The minimum absolute atomic E-state index is 0.630. The van der Waals surface area contributed by atoms with Crippen LogP contribution in [0.15, 0.2) is 95.2 Å². The van der Waals surface area contributed by atoms with Crippen LogP contribution in [0.4, 0.5) is 11.4 Å². The molecule has 4 saturated heterocycles. The second-order valence-electron chi connectivity index (χ2n) is 16.0. The van der Waals surface area contributed by atoms with Crippen LogP contribution in [0.25, 0.3) is 22.1 Å². The van der Waals surface area contributed by atoms with Crippen molar-refractivity contribution in [3.8, 4) is 11.5 Å². The van der Waals surface area contributed by atoms with Crippen LogP contribution in [-0.4, -0.2) is 110 Å². The molecule has 13 heteroatoms. The Labute approximate surface area is 354 Å². The van der Waals surface area contributed by atoms with E-state index in [2.05, 4.69) is 59.0 Å². The Morgan fingerprint density at radius 1 is 0.695 bits per heavy atom. The summed E-state index contributed by atoms with van der Waals surface area (Å²) in [6, 6.07) is 21.9. The molecule has 0 radical (unpaired) electrons. The SMILES string of the molecule is CC.O=S(c1cccc2c1CCO2)n1cc(N2CCN3CCCC3C2)c2ncccc21.c1cnc2c(N3CCN4CCCC4C3)cn(Sc3ccc4c(c3)OCC4)c2c1. The molecule has 308 valence electrons. The fraction of sp³-hybridized carbons (Fsp3) is 0.435. The zero-order valence-electron chi connectivity index (χ0n) is 34.2. The highest BCUT2D eigenvalue weighted by molar-refractivity contribution is 7.98. The van der Waals surface area contributed by atoms with E-state index in [0.29, 0.717) is 18.7 Å². The Balaban J connectivity index is 0.000000137. The van der Waals surface area contributed by atoms with Gasteiger partial charge < -0.3 is 19.3 Å². The number of fused-ring (bicyclic) bond motifs is 6. The van der Waals surface area contributed by atoms with E-state index in [9.17, 15) is 4.21 Å². The van der Waals surface area contributed by atoms with Crippen LogP contribution in [0.2, 0.25) is 0 Å². The number of anilines is 2. The van der Waals surface area contributed by atoms with E-state index in [-0.39, 0.29) is 0 Å². The van der Waals surface area contributed by atoms with Gasteiger partial charge in [-0.3, -0.25) is 27.7 Å². The number of benzene rings is 2. The van der Waals surface area contributed by atoms with Gasteiger partial charge in [-0.15, -0.1) is 0 Å². The van der Waals surface area contributed by atoms with Crippen molar-refractivity contribution in [2.75, 3.05) is 75.4 Å². The van der Waals surface area contributed by atoms with Gasteiger partial charge in [0.1, 0.15) is 22.5 Å². The molecule has 4 aromatic heterocycles. The molecule has 0 N–H and O–H groups in total. The number of hydrogen-bond acceptors (Lipinski definition) is 10. The molecule has 0 spiro atoms. The summed E-state index contributed by atoms with van der Waals surface area (Å²) >= 11 is 1.75. The number of aromatic nitrogens is 4. The van der Waals surface area contributed by atoms with Crippen LogP contribution >= 0.6 is 11.9 Å². The number of hydrogen-bond donors (Lipinski definition) is 0. The van der Waals surface area contributed by atoms with E-state index >= 15 is 0 Å². The summed E-state index contributed by atoms with van der Waals surface area (Å²) in [7, 11) is -1.33. The maximum atomic E-state index is 13.7. The van der Waals surface area contributed by atoms with Gasteiger partial charge in [0.2, 0.25) is 0 Å². The van der Waals surface area contributed by atoms with Crippen molar-refractivity contribution in [3.05, 3.63) is 96.6 Å². The highest BCUT2D eigenvalue weighted by Gasteiger charge is 2.34. The molecular formula is C46H54N8O3S2. The molecule has 59 heavy (non-hydrogen) atoms. The van der Waals surface area contributed by atoms with Gasteiger partial charge in [0, 0.05) is 99.4 Å². The first kappa shape index (κ1) is 38.6. The first-order valence-corrected chi connectivity index (χ1v) is 23.5. The van der Waals surface area contributed by atoms with E-state index < -0.39 is 11.0 Å². The van der Waals surface area contributed by atoms with E-state index in [4.69, 9.17) is 14.5 Å². The Morgan fingerprint density at radius 2 is 1.36 bits per heavy atom. The maximum absolute atomic E-state index is 13.7. The summed E-state index contributed by atoms with van der Waals surface area (Å²) in [4.78, 5) is 21.7. The molecule has 6 aliphatic heterocycles. The fourth-order valence-corrected chi connectivity index (χ4v) is 12.2. The van der Waals surface area contributed by atoms with Crippen LogP contribution in [0.3, 0.4) is 0 Å². The average molecular weight is 831 g/mol. The lowest BCUT2D eigenvalue weighted by atomic mass is 10.1. The summed E-state index contributed by atoms with van der Waals surface area (Å²) < 4.78 is 29.3. The van der Waals surface area contributed by atoms with Gasteiger partial charge >= 0.3 is 0 Å². The molecule has 0 amide bonds. The molecule has 10 heterocycles. The van der Waals surface area contributed by atoms with E-state index in [1.165, 1.54) is 67.0 Å². The molecule has 3 unspecified atom stereocenters. The van der Waals surface area contributed by atoms with Crippen molar-refractivity contribution in [2.24, 2.45) is 0 Å². The van der Waals surface area contributed by atoms with Gasteiger partial charge in [-0.1, -0.05) is 26.0 Å². The van der Waals surface area contributed by atoms with Gasteiger partial charge in [0.25, 0.3) is 0 Å². The molecule has 12 rings (SSSR count). The zero-order valence-corrected chi connectivity index (χ0v) is 35.8. The summed E-state index contributed by atoms with van der Waals surface area (Å²) in [5.74, 6) is 1.90. The van der Waals surface area contributed by atoms with Crippen molar-refractivity contribution < 1.29 is 13.7 Å². The maximum Gasteiger partial charge on any atom is 0.157 e. The lowest BCUT2D eigenvalue weighted by Crippen LogP contribution is -2.50. The van der Waals surface area contributed by atoms with Crippen molar-refractivity contribution in [2.45, 2.75) is 74.2 Å². The summed E-state index contributed by atoms with van der Waals surface area (Å²) in [6.07, 6.45) is 15.1. The van der Waals surface area contributed by atoms with Gasteiger partial charge in [-0.05, 0) is 105 Å². The summed E-state index contributed by atoms with van der Waals surface area (Å²) in [5, 5.41) is 0. The minimum Gasteiger partial charge on any atom is -0.493 e. The number of rotatable bonds is 6. The number of piperazine rings is 2. The molecule has 11 nitrogen and oxygen atoms in total. The first-order chi connectivity index (χ1) is 29.1. The average Bonchev–Trinajstić information content (AvgIpc) is 4.15. The molecular weight excluding hydrogens is 777 g/mol. The normalized spacial score (nSPS) is 21.5. The largest absolute Gasteiger partial charge is 0.493 e. The Kier molecular flexibility index (Phi) is 11.0. The quantitative estimate of drug-likeness (QED) is 0.167. The van der Waals surface area contributed by atoms with Crippen LogP contribution in [0, 0.1) is 0 Å². The molecule has 4 fully saturated rings. The molecule has 6 aliphatic rings. The van der Waals surface area contributed by atoms with Crippen molar-refractivity contribution in [1.82, 2.24) is 27.7 Å². The lowest BCUT2D eigenvalue weighted by Gasteiger charge is -2.38. The van der Waals surface area contributed by atoms with E-state index in [1.54, 1.807) is 11.9 Å². The van der Waals surface area contributed by atoms with Crippen LogP contribution in [0.1, 0.15) is 50.7 Å². The Hall–Kier alpha value is -4.56. The fourth-order valence-electron chi connectivity index (χ4n) is 9.90. The molecule has 2 aromatic carbocycles. The highest BCUT2D eigenvalue weighted by atomic mass is 32.2. The molecule has 3 atom stereocenters. The third-order valence-electron chi connectivity index (χ3n) is 12.8. The molecule has 6 aromatic rings. The van der Waals surface area contributed by atoms with Gasteiger partial charge in [0.05, 0.1) is 40.5 Å². The van der Waals surface area contributed by atoms with Crippen LogP contribution < -0.4 is 19.3 Å². The lowest BCUT2D eigenvalue weighted by molar-refractivity contribution is 0.231. The summed E-state index contributed by atoms with van der Waals surface area (Å²) in [5.41, 5.74) is 8.91. The number of pyridine rings is 2. The highest BCUT2D eigenvalue weighted by Crippen LogP contribution is 2.38. The van der Waals surface area contributed by atoms with Crippen LogP contribution in [0.5, 0.6) is 11.5 Å². The zero-order chi connectivity index (χ0) is 39.9. The second-order valence-corrected chi connectivity index (χ2v) is 18.4. The predicted octanol–water partition coefficient (Wildman–Crippen LogP) is 7.66. The first-order valence-electron chi connectivity index (χ1n) is 21.7. The van der Waals surface area contributed by atoms with Gasteiger partial charge in [0.15, 0.2) is 11.0 Å². The van der Waals surface area contributed by atoms with Crippen LogP contribution in [-0.2, 0) is 23.8 Å². The Bertz CT molecular complexity index is 2490. The van der Waals surface area contributed by atoms with Gasteiger partial charge in [-0.25, -0.2) is 4.21 Å². The minimum atomic E-state index is -1.33. The molecule has 0 aliphatic carbocycles. The van der Waals surface area contributed by atoms with Crippen molar-refractivity contribution >= 4 is 56.4 Å². The second kappa shape index (κ2) is 16.8. The monoisotopic (exact) mass is 830 g/mol. The molecule has 0 bridgehead atoms. The van der Waals surface area contributed by atoms with E-state index in [0.717, 1.165) is 96.4 Å². The smallest absolute Gasteiger partial charge is 0.157 e.